The van der Waals surface area contributed by atoms with Crippen LogP contribution in [0.2, 0.25) is 0 Å². The molecule has 1 aromatic heterocycles. The zero-order chi connectivity index (χ0) is 15.6. The van der Waals surface area contributed by atoms with E-state index < -0.39 is 5.97 Å². The van der Waals surface area contributed by atoms with Crippen molar-refractivity contribution in [3.05, 3.63) is 47.7 Å². The molecule has 0 aliphatic rings. The van der Waals surface area contributed by atoms with Crippen molar-refractivity contribution in [2.45, 2.75) is 13.3 Å². The van der Waals surface area contributed by atoms with Gasteiger partial charge < -0.3 is 15.0 Å². The van der Waals surface area contributed by atoms with Gasteiger partial charge in [0, 0.05) is 30.1 Å². The van der Waals surface area contributed by atoms with Crippen LogP contribution in [0, 0.1) is 0 Å². The molecule has 1 heterocycles. The molecule has 2 N–H and O–H groups in total. The van der Waals surface area contributed by atoms with E-state index in [0.29, 0.717) is 12.1 Å². The fourth-order valence-electron chi connectivity index (χ4n) is 2.35. The van der Waals surface area contributed by atoms with Gasteiger partial charge in [0.15, 0.2) is 0 Å². The third-order valence-corrected chi connectivity index (χ3v) is 3.29. The average molecular weight is 286 g/mol. The lowest BCUT2D eigenvalue weighted by atomic mass is 10.1. The van der Waals surface area contributed by atoms with Gasteiger partial charge in [0.25, 0.3) is 0 Å². The number of likely N-dealkylation sites (N-methyl/N-ethyl adjacent to an activating group) is 1. The first-order valence-corrected chi connectivity index (χ1v) is 6.61. The van der Waals surface area contributed by atoms with E-state index >= 15 is 0 Å². The molecule has 21 heavy (non-hydrogen) atoms. The number of carboxylic acids is 1. The van der Waals surface area contributed by atoms with Crippen LogP contribution in [0.1, 0.15) is 23.0 Å². The minimum atomic E-state index is -1.06. The van der Waals surface area contributed by atoms with Crippen LogP contribution in [0.5, 0.6) is 0 Å². The van der Waals surface area contributed by atoms with Gasteiger partial charge in [0.1, 0.15) is 5.69 Å². The van der Waals surface area contributed by atoms with Crippen molar-refractivity contribution in [1.29, 1.82) is 0 Å². The second-order valence-corrected chi connectivity index (χ2v) is 5.21. The van der Waals surface area contributed by atoms with Crippen LogP contribution in [0.3, 0.4) is 0 Å². The summed E-state index contributed by atoms with van der Waals surface area (Å²) in [4.78, 5) is 28.0. The van der Waals surface area contributed by atoms with Gasteiger partial charge in [0.2, 0.25) is 5.91 Å². The molecular weight excluding hydrogens is 268 g/mol. The summed E-state index contributed by atoms with van der Waals surface area (Å²) in [5.41, 5.74) is 2.20. The summed E-state index contributed by atoms with van der Waals surface area (Å²) < 4.78 is 0. The summed E-state index contributed by atoms with van der Waals surface area (Å²) in [7, 11) is 1.69. The van der Waals surface area contributed by atoms with E-state index in [9.17, 15) is 14.7 Å². The number of hydrogen-bond donors (Lipinski definition) is 2. The number of hydrogen-bond acceptors (Lipinski definition) is 2. The Morgan fingerprint density at radius 3 is 2.62 bits per heavy atom. The maximum absolute atomic E-state index is 12.2. The van der Waals surface area contributed by atoms with Crippen molar-refractivity contribution in [3.8, 4) is 0 Å². The average Bonchev–Trinajstić information content (AvgIpc) is 2.77. The van der Waals surface area contributed by atoms with E-state index in [1.165, 1.54) is 0 Å². The van der Waals surface area contributed by atoms with Gasteiger partial charge in [-0.2, -0.15) is 0 Å². The molecule has 0 fully saturated rings. The number of rotatable bonds is 5. The molecule has 0 saturated heterocycles. The largest absolute Gasteiger partial charge is 0.477 e. The molecule has 0 radical (unpaired) electrons. The standard InChI is InChI=1S/C16H18N2O3/c1-10(2)9-18(3)14(19)8-12-11-6-4-5-7-13(11)17-15(12)16(20)21/h4-7,17H,1,8-9H2,2-3H3,(H,20,21). The maximum atomic E-state index is 12.2. The van der Waals surface area contributed by atoms with Crippen LogP contribution >= 0.6 is 0 Å². The zero-order valence-corrected chi connectivity index (χ0v) is 12.1. The molecule has 0 spiro atoms. The number of fused-ring (bicyclic) bond motifs is 1. The number of carboxylic acid groups (broad SMARTS) is 1. The van der Waals surface area contributed by atoms with Crippen molar-refractivity contribution in [2.24, 2.45) is 0 Å². The number of nitrogens with one attached hydrogen (secondary N) is 1. The van der Waals surface area contributed by atoms with E-state index in [1.807, 2.05) is 25.1 Å². The minimum absolute atomic E-state index is 0.0510. The number of aromatic carboxylic acids is 1. The molecule has 2 rings (SSSR count). The first kappa shape index (κ1) is 14.8. The molecule has 0 unspecified atom stereocenters. The monoisotopic (exact) mass is 286 g/mol. The van der Waals surface area contributed by atoms with Gasteiger partial charge >= 0.3 is 5.97 Å². The predicted octanol–water partition coefficient (Wildman–Crippen LogP) is 2.44. The van der Waals surface area contributed by atoms with E-state index in [1.54, 1.807) is 18.0 Å². The molecule has 0 bridgehead atoms. The van der Waals surface area contributed by atoms with Gasteiger partial charge in [-0.1, -0.05) is 30.4 Å². The number of para-hydroxylation sites is 1. The summed E-state index contributed by atoms with van der Waals surface area (Å²) in [6.45, 7) is 6.08. The molecule has 5 heteroatoms. The predicted molar refractivity (Wildman–Crippen MR) is 81.4 cm³/mol. The third kappa shape index (κ3) is 3.13. The Morgan fingerprint density at radius 1 is 1.33 bits per heavy atom. The lowest BCUT2D eigenvalue weighted by Gasteiger charge is -2.17. The van der Waals surface area contributed by atoms with Crippen molar-refractivity contribution in [3.63, 3.8) is 0 Å². The van der Waals surface area contributed by atoms with Crippen LogP contribution in [-0.2, 0) is 11.2 Å². The summed E-state index contributed by atoms with van der Waals surface area (Å²) in [6.07, 6.45) is 0.0510. The highest BCUT2D eigenvalue weighted by molar-refractivity contribution is 5.99. The number of nitrogens with zero attached hydrogens (tertiary/aromatic N) is 1. The number of carbonyl (C=O) groups is 2. The summed E-state index contributed by atoms with van der Waals surface area (Å²) in [5.74, 6) is -1.19. The number of benzene rings is 1. The van der Waals surface area contributed by atoms with Crippen molar-refractivity contribution < 1.29 is 14.7 Å². The number of amides is 1. The van der Waals surface area contributed by atoms with Gasteiger partial charge in [-0.15, -0.1) is 0 Å². The highest BCUT2D eigenvalue weighted by Crippen LogP contribution is 2.23. The van der Waals surface area contributed by atoms with Crippen LogP contribution in [0.4, 0.5) is 0 Å². The lowest BCUT2D eigenvalue weighted by Crippen LogP contribution is -2.29. The number of H-pyrrole nitrogens is 1. The van der Waals surface area contributed by atoms with E-state index in [4.69, 9.17) is 0 Å². The van der Waals surface area contributed by atoms with Crippen molar-refractivity contribution in [2.75, 3.05) is 13.6 Å². The van der Waals surface area contributed by atoms with Crippen molar-refractivity contribution in [1.82, 2.24) is 9.88 Å². The van der Waals surface area contributed by atoms with Gasteiger partial charge in [-0.3, -0.25) is 4.79 Å². The number of carbonyl (C=O) groups excluding carboxylic acids is 1. The van der Waals surface area contributed by atoms with Crippen LogP contribution in [0.25, 0.3) is 10.9 Å². The highest BCUT2D eigenvalue weighted by Gasteiger charge is 2.20. The SMILES string of the molecule is C=C(C)CN(C)C(=O)Cc1c(C(=O)O)[nH]c2ccccc12. The molecule has 0 aliphatic carbocycles. The molecular formula is C16H18N2O3. The van der Waals surface area contributed by atoms with Crippen LogP contribution < -0.4 is 0 Å². The Morgan fingerprint density at radius 2 is 2.00 bits per heavy atom. The molecule has 5 nitrogen and oxygen atoms in total. The first-order chi connectivity index (χ1) is 9.90. The van der Waals surface area contributed by atoms with E-state index in [-0.39, 0.29) is 18.0 Å². The van der Waals surface area contributed by atoms with E-state index in [2.05, 4.69) is 11.6 Å². The van der Waals surface area contributed by atoms with E-state index in [0.717, 1.165) is 16.5 Å². The minimum Gasteiger partial charge on any atom is -0.477 e. The number of aromatic nitrogens is 1. The highest BCUT2D eigenvalue weighted by atomic mass is 16.4. The third-order valence-electron chi connectivity index (χ3n) is 3.29. The Labute approximate surface area is 122 Å². The first-order valence-electron chi connectivity index (χ1n) is 6.61. The van der Waals surface area contributed by atoms with Gasteiger partial charge in [0.05, 0.1) is 6.42 Å². The fourth-order valence-corrected chi connectivity index (χ4v) is 2.35. The molecule has 0 aliphatic heterocycles. The second kappa shape index (κ2) is 5.83. The normalized spacial score (nSPS) is 10.6. The molecule has 2 aromatic rings. The van der Waals surface area contributed by atoms with Crippen LogP contribution in [-0.4, -0.2) is 40.5 Å². The summed E-state index contributed by atoms with van der Waals surface area (Å²) in [6, 6.07) is 7.27. The van der Waals surface area contributed by atoms with Crippen LogP contribution in [0.15, 0.2) is 36.4 Å². The molecule has 110 valence electrons. The fraction of sp³-hybridized carbons (Fsp3) is 0.250. The molecule has 1 aromatic carbocycles. The number of aromatic amines is 1. The Balaban J connectivity index is 2.36. The van der Waals surface area contributed by atoms with Gasteiger partial charge in [-0.25, -0.2) is 4.79 Å². The Kier molecular flexibility index (Phi) is 4.12. The quantitative estimate of drug-likeness (QED) is 0.829. The Bertz CT molecular complexity index is 715. The Hall–Kier alpha value is -2.56. The maximum Gasteiger partial charge on any atom is 0.352 e. The second-order valence-electron chi connectivity index (χ2n) is 5.21. The van der Waals surface area contributed by atoms with Gasteiger partial charge in [-0.05, 0) is 13.0 Å². The van der Waals surface area contributed by atoms with Crippen molar-refractivity contribution >= 4 is 22.8 Å². The summed E-state index contributed by atoms with van der Waals surface area (Å²) in [5, 5.41) is 10.1. The molecule has 1 amide bonds. The molecule has 0 saturated carbocycles. The smallest absolute Gasteiger partial charge is 0.352 e. The summed E-state index contributed by atoms with van der Waals surface area (Å²) >= 11 is 0. The topological polar surface area (TPSA) is 73.4 Å². The zero-order valence-electron chi connectivity index (χ0n) is 12.1. The lowest BCUT2D eigenvalue weighted by molar-refractivity contribution is -0.128. The molecule has 0 atom stereocenters.